The second-order valence-corrected chi connectivity index (χ2v) is 6.22. The van der Waals surface area contributed by atoms with E-state index in [2.05, 4.69) is 43.3 Å². The molecule has 0 aliphatic carbocycles. The van der Waals surface area contributed by atoms with E-state index in [1.165, 1.54) is 12.3 Å². The van der Waals surface area contributed by atoms with Crippen LogP contribution in [0, 0.1) is 5.82 Å². The molecule has 0 aliphatic rings. The van der Waals surface area contributed by atoms with Crippen LogP contribution >= 0.6 is 0 Å². The van der Waals surface area contributed by atoms with E-state index in [1.807, 2.05) is 18.2 Å². The molecule has 0 saturated heterocycles. The van der Waals surface area contributed by atoms with Crippen molar-refractivity contribution in [3.63, 3.8) is 0 Å². The predicted molar refractivity (Wildman–Crippen MR) is 105 cm³/mol. The molecule has 0 saturated carbocycles. The molecule has 7 heteroatoms. The number of para-hydroxylation sites is 1. The maximum absolute atomic E-state index is 13.6. The number of hydrogen-bond acceptors (Lipinski definition) is 5. The average Bonchev–Trinajstić information content (AvgIpc) is 3.01. The van der Waals surface area contributed by atoms with Gasteiger partial charge in [0.1, 0.15) is 11.3 Å². The minimum atomic E-state index is -0.336. The number of fused-ring (bicyclic) bond motifs is 3. The van der Waals surface area contributed by atoms with Gasteiger partial charge in [-0.2, -0.15) is 10.1 Å². The fourth-order valence-corrected chi connectivity index (χ4v) is 3.03. The fourth-order valence-electron chi connectivity index (χ4n) is 3.03. The van der Waals surface area contributed by atoms with E-state index in [0.29, 0.717) is 5.56 Å². The second-order valence-electron chi connectivity index (χ2n) is 6.22. The number of hydrazone groups is 1. The Labute approximate surface area is 155 Å². The summed E-state index contributed by atoms with van der Waals surface area (Å²) >= 11 is 0. The summed E-state index contributed by atoms with van der Waals surface area (Å²) < 4.78 is 15.8. The molecule has 0 radical (unpaired) electrons. The summed E-state index contributed by atoms with van der Waals surface area (Å²) in [6, 6.07) is 14.5. The van der Waals surface area contributed by atoms with Crippen molar-refractivity contribution in [3.05, 3.63) is 59.9 Å². The lowest BCUT2D eigenvalue weighted by Crippen LogP contribution is -2.03. The van der Waals surface area contributed by atoms with Crippen LogP contribution < -0.4 is 5.43 Å². The standard InChI is InChI=1S/C20H19FN6/c1-2-3-12-27-17-11-7-5-9-15(17)18-19(27)23-20(26-24-18)25-22-13-14-8-4-6-10-16(14)21/h4-11,13H,2-3,12H2,1H3,(H,23,25,26)/b22-13+. The van der Waals surface area contributed by atoms with Gasteiger partial charge in [-0.25, -0.2) is 9.82 Å². The normalized spacial score (nSPS) is 11.6. The summed E-state index contributed by atoms with van der Waals surface area (Å²) in [5.41, 5.74) is 5.76. The molecule has 0 unspecified atom stereocenters. The van der Waals surface area contributed by atoms with Gasteiger partial charge < -0.3 is 4.57 Å². The molecule has 0 fully saturated rings. The maximum Gasteiger partial charge on any atom is 0.265 e. The Morgan fingerprint density at radius 2 is 1.93 bits per heavy atom. The average molecular weight is 362 g/mol. The number of rotatable bonds is 6. The van der Waals surface area contributed by atoms with Crippen molar-refractivity contribution in [1.82, 2.24) is 19.7 Å². The van der Waals surface area contributed by atoms with E-state index >= 15 is 0 Å². The quantitative estimate of drug-likeness (QED) is 0.409. The van der Waals surface area contributed by atoms with E-state index < -0.39 is 0 Å². The molecule has 1 N–H and O–H groups in total. The van der Waals surface area contributed by atoms with Crippen molar-refractivity contribution in [2.75, 3.05) is 5.43 Å². The van der Waals surface area contributed by atoms with Gasteiger partial charge in [0.05, 0.1) is 11.7 Å². The van der Waals surface area contributed by atoms with Gasteiger partial charge in [0.2, 0.25) is 0 Å². The molecule has 136 valence electrons. The van der Waals surface area contributed by atoms with Gasteiger partial charge in [-0.05, 0) is 18.6 Å². The largest absolute Gasteiger partial charge is 0.324 e. The highest BCUT2D eigenvalue weighted by Gasteiger charge is 2.14. The molecular formula is C20H19FN6. The lowest BCUT2D eigenvalue weighted by Gasteiger charge is -2.05. The van der Waals surface area contributed by atoms with Gasteiger partial charge in [0, 0.05) is 17.5 Å². The Kier molecular flexibility index (Phi) is 4.74. The minimum absolute atomic E-state index is 0.274. The van der Waals surface area contributed by atoms with Crippen LogP contribution in [0.4, 0.5) is 10.3 Å². The first kappa shape index (κ1) is 17.1. The van der Waals surface area contributed by atoms with Crippen LogP contribution in [0.15, 0.2) is 53.6 Å². The topological polar surface area (TPSA) is 68.0 Å². The van der Waals surface area contributed by atoms with Gasteiger partial charge in [-0.1, -0.05) is 49.7 Å². The predicted octanol–water partition coefficient (Wildman–Crippen LogP) is 4.36. The van der Waals surface area contributed by atoms with E-state index in [4.69, 9.17) is 0 Å². The van der Waals surface area contributed by atoms with Crippen molar-refractivity contribution in [1.29, 1.82) is 0 Å². The molecule has 4 aromatic rings. The van der Waals surface area contributed by atoms with Crippen molar-refractivity contribution < 1.29 is 4.39 Å². The zero-order chi connectivity index (χ0) is 18.6. The Morgan fingerprint density at radius 3 is 2.78 bits per heavy atom. The van der Waals surface area contributed by atoms with Crippen LogP contribution in [0.2, 0.25) is 0 Å². The van der Waals surface area contributed by atoms with Gasteiger partial charge in [0.15, 0.2) is 5.65 Å². The summed E-state index contributed by atoms with van der Waals surface area (Å²) in [4.78, 5) is 4.59. The van der Waals surface area contributed by atoms with Crippen LogP contribution in [0.3, 0.4) is 0 Å². The third-order valence-corrected chi connectivity index (χ3v) is 4.38. The highest BCUT2D eigenvalue weighted by atomic mass is 19.1. The molecule has 2 aromatic carbocycles. The first-order valence-corrected chi connectivity index (χ1v) is 8.93. The van der Waals surface area contributed by atoms with E-state index in [1.54, 1.807) is 18.2 Å². The van der Waals surface area contributed by atoms with Crippen molar-refractivity contribution >= 4 is 34.2 Å². The fraction of sp³-hybridized carbons (Fsp3) is 0.200. The number of anilines is 1. The third-order valence-electron chi connectivity index (χ3n) is 4.38. The summed E-state index contributed by atoms with van der Waals surface area (Å²) in [6.45, 7) is 3.02. The molecule has 6 nitrogen and oxygen atoms in total. The van der Waals surface area contributed by atoms with Gasteiger partial charge in [0.25, 0.3) is 5.95 Å². The third kappa shape index (κ3) is 3.36. The Bertz CT molecular complexity index is 1120. The summed E-state index contributed by atoms with van der Waals surface area (Å²) in [5.74, 6) is -0.0621. The van der Waals surface area contributed by atoms with Crippen molar-refractivity contribution in [2.45, 2.75) is 26.3 Å². The number of halogens is 1. The Balaban J connectivity index is 1.69. The SMILES string of the molecule is CCCCn1c2ccccc2c2nnc(N/N=C/c3ccccc3F)nc21. The highest BCUT2D eigenvalue weighted by Crippen LogP contribution is 2.26. The van der Waals surface area contributed by atoms with E-state index in [9.17, 15) is 4.39 Å². The maximum atomic E-state index is 13.6. The van der Waals surface area contributed by atoms with Crippen LogP contribution in [-0.2, 0) is 6.54 Å². The number of aromatic nitrogens is 4. The van der Waals surface area contributed by atoms with E-state index in [-0.39, 0.29) is 11.8 Å². The molecule has 4 rings (SSSR count). The zero-order valence-corrected chi connectivity index (χ0v) is 14.9. The number of unbranched alkanes of at least 4 members (excludes halogenated alkanes) is 1. The number of nitrogens with zero attached hydrogens (tertiary/aromatic N) is 5. The lowest BCUT2D eigenvalue weighted by molar-refractivity contribution is 0.626. The molecular weight excluding hydrogens is 343 g/mol. The molecule has 0 spiro atoms. The molecule has 27 heavy (non-hydrogen) atoms. The van der Waals surface area contributed by atoms with Crippen LogP contribution in [-0.4, -0.2) is 26.0 Å². The summed E-state index contributed by atoms with van der Waals surface area (Å²) in [5, 5.41) is 13.5. The molecule has 2 aromatic heterocycles. The minimum Gasteiger partial charge on any atom is -0.324 e. The molecule has 0 atom stereocenters. The molecule has 0 bridgehead atoms. The first-order chi connectivity index (χ1) is 13.3. The first-order valence-electron chi connectivity index (χ1n) is 8.93. The summed E-state index contributed by atoms with van der Waals surface area (Å²) in [6.07, 6.45) is 3.53. The monoisotopic (exact) mass is 362 g/mol. The van der Waals surface area contributed by atoms with Gasteiger partial charge in [-0.15, -0.1) is 10.2 Å². The van der Waals surface area contributed by atoms with Crippen molar-refractivity contribution in [2.24, 2.45) is 5.10 Å². The number of nitrogens with one attached hydrogen (secondary N) is 1. The molecule has 0 aliphatic heterocycles. The molecule has 0 amide bonds. The molecule has 2 heterocycles. The van der Waals surface area contributed by atoms with Gasteiger partial charge >= 0.3 is 0 Å². The van der Waals surface area contributed by atoms with Crippen LogP contribution in [0.25, 0.3) is 22.1 Å². The van der Waals surface area contributed by atoms with Crippen LogP contribution in [0.5, 0.6) is 0 Å². The Hall–Kier alpha value is -3.35. The smallest absolute Gasteiger partial charge is 0.265 e. The number of benzene rings is 2. The van der Waals surface area contributed by atoms with Crippen LogP contribution in [0.1, 0.15) is 25.3 Å². The number of hydrogen-bond donors (Lipinski definition) is 1. The highest BCUT2D eigenvalue weighted by molar-refractivity contribution is 6.04. The Morgan fingerprint density at radius 1 is 1.11 bits per heavy atom. The second kappa shape index (κ2) is 7.49. The van der Waals surface area contributed by atoms with E-state index in [0.717, 1.165) is 41.5 Å². The zero-order valence-electron chi connectivity index (χ0n) is 14.9. The lowest BCUT2D eigenvalue weighted by atomic mass is 10.2. The van der Waals surface area contributed by atoms with Crippen molar-refractivity contribution in [3.8, 4) is 0 Å². The van der Waals surface area contributed by atoms with Gasteiger partial charge in [-0.3, -0.25) is 0 Å². The number of aryl methyl sites for hydroxylation is 1. The summed E-state index contributed by atoms with van der Waals surface area (Å²) in [7, 11) is 0.